The summed E-state index contributed by atoms with van der Waals surface area (Å²) in [6.07, 6.45) is 1.60. The van der Waals surface area contributed by atoms with Gasteiger partial charge in [0, 0.05) is 20.1 Å². The standard InChI is InChI=1S/C16H20N4O2S/c1-19-13-7-3-2-6-12(13)18-16(19)23-10-14(21)20-8-4-5-11(9-20)15(17)22/h2-3,6-7,11H,4-5,8-10H2,1H3,(H2,17,22)/t11-/m1/s1. The van der Waals surface area contributed by atoms with Crippen LogP contribution in [-0.2, 0) is 16.6 Å². The summed E-state index contributed by atoms with van der Waals surface area (Å²) in [6, 6.07) is 7.90. The van der Waals surface area contributed by atoms with Crippen molar-refractivity contribution in [1.82, 2.24) is 14.5 Å². The molecule has 2 aromatic rings. The molecule has 0 aliphatic carbocycles. The Hall–Kier alpha value is -2.02. The molecule has 3 rings (SSSR count). The highest BCUT2D eigenvalue weighted by molar-refractivity contribution is 7.99. The van der Waals surface area contributed by atoms with Crippen LogP contribution in [0.4, 0.5) is 0 Å². The number of nitrogens with zero attached hydrogens (tertiary/aromatic N) is 3. The number of para-hydroxylation sites is 2. The largest absolute Gasteiger partial charge is 0.369 e. The minimum atomic E-state index is -0.314. The minimum Gasteiger partial charge on any atom is -0.369 e. The van der Waals surface area contributed by atoms with Crippen LogP contribution in [-0.4, -0.2) is 45.1 Å². The lowest BCUT2D eigenvalue weighted by Gasteiger charge is -2.31. The summed E-state index contributed by atoms with van der Waals surface area (Å²) in [5.74, 6) is -0.171. The first-order valence-electron chi connectivity index (χ1n) is 7.67. The Balaban J connectivity index is 1.64. The lowest BCUT2D eigenvalue weighted by molar-refractivity contribution is -0.132. The Morgan fingerprint density at radius 1 is 1.39 bits per heavy atom. The molecule has 23 heavy (non-hydrogen) atoms. The van der Waals surface area contributed by atoms with Crippen molar-refractivity contribution in [3.05, 3.63) is 24.3 Å². The summed E-state index contributed by atoms with van der Waals surface area (Å²) >= 11 is 1.43. The van der Waals surface area contributed by atoms with Gasteiger partial charge in [0.05, 0.1) is 22.7 Å². The normalized spacial score (nSPS) is 18.3. The Morgan fingerprint density at radius 3 is 2.91 bits per heavy atom. The molecule has 1 aliphatic heterocycles. The third-order valence-electron chi connectivity index (χ3n) is 4.25. The van der Waals surface area contributed by atoms with Gasteiger partial charge in [-0.2, -0.15) is 0 Å². The molecule has 1 aromatic heterocycles. The van der Waals surface area contributed by atoms with Crippen LogP contribution in [0, 0.1) is 5.92 Å². The van der Waals surface area contributed by atoms with Crippen molar-refractivity contribution < 1.29 is 9.59 Å². The van der Waals surface area contributed by atoms with Gasteiger partial charge >= 0.3 is 0 Å². The van der Waals surface area contributed by atoms with Gasteiger partial charge in [-0.25, -0.2) is 4.98 Å². The number of imidazole rings is 1. The van der Waals surface area contributed by atoms with Crippen molar-refractivity contribution in [3.63, 3.8) is 0 Å². The second kappa shape index (κ2) is 6.62. The molecule has 7 heteroatoms. The number of primary amides is 1. The van der Waals surface area contributed by atoms with Gasteiger partial charge in [0.25, 0.3) is 0 Å². The van der Waals surface area contributed by atoms with Crippen molar-refractivity contribution in [2.75, 3.05) is 18.8 Å². The molecule has 0 saturated carbocycles. The van der Waals surface area contributed by atoms with E-state index in [0.717, 1.165) is 29.0 Å². The lowest BCUT2D eigenvalue weighted by Crippen LogP contribution is -2.44. The molecule has 0 unspecified atom stereocenters. The SMILES string of the molecule is Cn1c(SCC(=O)N2CCC[C@@H](C(N)=O)C2)nc2ccccc21. The lowest BCUT2D eigenvalue weighted by atomic mass is 9.97. The van der Waals surface area contributed by atoms with E-state index in [1.807, 2.05) is 35.9 Å². The van der Waals surface area contributed by atoms with Crippen LogP contribution in [0.15, 0.2) is 29.4 Å². The van der Waals surface area contributed by atoms with Gasteiger partial charge in [0.2, 0.25) is 11.8 Å². The molecule has 2 amide bonds. The van der Waals surface area contributed by atoms with E-state index in [4.69, 9.17) is 5.73 Å². The number of fused-ring (bicyclic) bond motifs is 1. The average molecular weight is 332 g/mol. The van der Waals surface area contributed by atoms with Crippen LogP contribution >= 0.6 is 11.8 Å². The van der Waals surface area contributed by atoms with Crippen LogP contribution in [0.5, 0.6) is 0 Å². The molecule has 1 aliphatic rings. The van der Waals surface area contributed by atoms with Gasteiger partial charge in [0.1, 0.15) is 0 Å². The quantitative estimate of drug-likeness (QED) is 0.858. The summed E-state index contributed by atoms with van der Waals surface area (Å²) in [4.78, 5) is 30.0. The van der Waals surface area contributed by atoms with E-state index >= 15 is 0 Å². The summed E-state index contributed by atoms with van der Waals surface area (Å²) in [5.41, 5.74) is 7.34. The number of aromatic nitrogens is 2. The fourth-order valence-electron chi connectivity index (χ4n) is 2.91. The van der Waals surface area contributed by atoms with Crippen LogP contribution in [0.3, 0.4) is 0 Å². The fourth-order valence-corrected chi connectivity index (χ4v) is 3.80. The number of likely N-dealkylation sites (tertiary alicyclic amines) is 1. The van der Waals surface area contributed by atoms with Crippen molar-refractivity contribution in [2.45, 2.75) is 18.0 Å². The maximum absolute atomic E-state index is 12.4. The van der Waals surface area contributed by atoms with Crippen molar-refractivity contribution in [1.29, 1.82) is 0 Å². The smallest absolute Gasteiger partial charge is 0.233 e. The molecule has 0 radical (unpaired) electrons. The maximum Gasteiger partial charge on any atom is 0.233 e. The number of aryl methyl sites for hydroxylation is 1. The zero-order valence-electron chi connectivity index (χ0n) is 13.1. The van der Waals surface area contributed by atoms with E-state index in [0.29, 0.717) is 18.8 Å². The summed E-state index contributed by atoms with van der Waals surface area (Å²) in [7, 11) is 1.95. The molecule has 0 spiro atoms. The Morgan fingerprint density at radius 2 is 2.17 bits per heavy atom. The molecule has 122 valence electrons. The highest BCUT2D eigenvalue weighted by atomic mass is 32.2. The number of hydrogen-bond acceptors (Lipinski definition) is 4. The molecule has 1 fully saturated rings. The summed E-state index contributed by atoms with van der Waals surface area (Å²) < 4.78 is 2.00. The van der Waals surface area contributed by atoms with Gasteiger partial charge in [0.15, 0.2) is 5.16 Å². The number of rotatable bonds is 4. The van der Waals surface area contributed by atoms with E-state index in [1.54, 1.807) is 4.90 Å². The van der Waals surface area contributed by atoms with Crippen LogP contribution < -0.4 is 5.73 Å². The number of amides is 2. The number of nitrogens with two attached hydrogens (primary N) is 1. The molecular weight excluding hydrogens is 312 g/mol. The van der Waals surface area contributed by atoms with E-state index in [-0.39, 0.29) is 17.7 Å². The Labute approximate surface area is 139 Å². The van der Waals surface area contributed by atoms with Gasteiger partial charge in [-0.05, 0) is 25.0 Å². The third-order valence-corrected chi connectivity index (χ3v) is 5.26. The molecular formula is C16H20N4O2S. The van der Waals surface area contributed by atoms with Gasteiger partial charge in [-0.15, -0.1) is 0 Å². The first-order valence-corrected chi connectivity index (χ1v) is 8.66. The number of thioether (sulfide) groups is 1. The second-order valence-corrected chi connectivity index (χ2v) is 6.75. The highest BCUT2D eigenvalue weighted by Crippen LogP contribution is 2.24. The first kappa shape index (κ1) is 15.9. The maximum atomic E-state index is 12.4. The van der Waals surface area contributed by atoms with Gasteiger partial charge < -0.3 is 15.2 Å². The molecule has 2 heterocycles. The average Bonchev–Trinajstić information content (AvgIpc) is 2.89. The zero-order chi connectivity index (χ0) is 16.4. The Bertz CT molecular complexity index is 743. The highest BCUT2D eigenvalue weighted by Gasteiger charge is 2.27. The van der Waals surface area contributed by atoms with Crippen LogP contribution in [0.1, 0.15) is 12.8 Å². The first-order chi connectivity index (χ1) is 11.1. The second-order valence-electron chi connectivity index (χ2n) is 5.81. The molecule has 6 nitrogen and oxygen atoms in total. The van der Waals surface area contributed by atoms with Gasteiger partial charge in [-0.1, -0.05) is 23.9 Å². The number of hydrogen-bond donors (Lipinski definition) is 1. The Kier molecular flexibility index (Phi) is 4.56. The predicted molar refractivity (Wildman–Crippen MR) is 89.9 cm³/mol. The number of benzene rings is 1. The summed E-state index contributed by atoms with van der Waals surface area (Å²) in [6.45, 7) is 1.14. The number of carbonyl (C=O) groups excluding carboxylic acids is 2. The van der Waals surface area contributed by atoms with Crippen molar-refractivity contribution in [2.24, 2.45) is 18.7 Å². The van der Waals surface area contributed by atoms with Crippen molar-refractivity contribution in [3.8, 4) is 0 Å². The molecule has 1 aromatic carbocycles. The predicted octanol–water partition coefficient (Wildman–Crippen LogP) is 1.39. The van der Waals surface area contributed by atoms with Crippen LogP contribution in [0.25, 0.3) is 11.0 Å². The van der Waals surface area contributed by atoms with Crippen molar-refractivity contribution >= 4 is 34.6 Å². The van der Waals surface area contributed by atoms with Crippen LogP contribution in [0.2, 0.25) is 0 Å². The molecule has 1 saturated heterocycles. The molecule has 1 atom stereocenters. The monoisotopic (exact) mass is 332 g/mol. The van der Waals surface area contributed by atoms with E-state index in [9.17, 15) is 9.59 Å². The number of carbonyl (C=O) groups is 2. The summed E-state index contributed by atoms with van der Waals surface area (Å²) in [5, 5.41) is 0.822. The number of piperidine rings is 1. The zero-order valence-corrected chi connectivity index (χ0v) is 13.9. The minimum absolute atomic E-state index is 0.0352. The van der Waals surface area contributed by atoms with Gasteiger partial charge in [-0.3, -0.25) is 9.59 Å². The fraction of sp³-hybridized carbons (Fsp3) is 0.438. The molecule has 2 N–H and O–H groups in total. The van der Waals surface area contributed by atoms with E-state index < -0.39 is 0 Å². The van der Waals surface area contributed by atoms with E-state index in [1.165, 1.54) is 11.8 Å². The van der Waals surface area contributed by atoms with E-state index in [2.05, 4.69) is 4.98 Å². The molecule has 0 bridgehead atoms. The third kappa shape index (κ3) is 3.34. The topological polar surface area (TPSA) is 81.2 Å².